The number of hydrogen-bond acceptors (Lipinski definition) is 10. The van der Waals surface area contributed by atoms with Crippen molar-refractivity contribution in [2.45, 2.75) is 211 Å². The van der Waals surface area contributed by atoms with Crippen LogP contribution < -0.4 is 11.3 Å². The summed E-state index contributed by atoms with van der Waals surface area (Å²) in [6.45, 7) is 25.2. The molecule has 1 aliphatic heterocycles. The van der Waals surface area contributed by atoms with Crippen molar-refractivity contribution in [3.63, 3.8) is 0 Å². The monoisotopic (exact) mass is 1200 g/mol. The molecule has 2 N–H and O–H groups in total. The van der Waals surface area contributed by atoms with Crippen LogP contribution in [0, 0.1) is 37.3 Å². The van der Waals surface area contributed by atoms with Crippen LogP contribution in [0.4, 0.5) is 22.0 Å². The minimum atomic E-state index is -3.57. The molecule has 10 rings (SSSR count). The van der Waals surface area contributed by atoms with Gasteiger partial charge in [0.05, 0.1) is 40.3 Å². The molecule has 3 aromatic heterocycles. The van der Waals surface area contributed by atoms with Crippen LogP contribution in [-0.2, 0) is 38.8 Å². The summed E-state index contributed by atoms with van der Waals surface area (Å²) in [6, 6.07) is 7.16. The zero-order valence-electron chi connectivity index (χ0n) is 50.0. The van der Waals surface area contributed by atoms with Crippen LogP contribution in [0.5, 0.6) is 0 Å². The number of fused-ring (bicyclic) bond motifs is 4. The maximum Gasteiger partial charge on any atom is 0.267 e. The average molecular weight is 1200 g/mol. The van der Waals surface area contributed by atoms with Crippen LogP contribution in [0.2, 0.25) is 5.02 Å². The molecule has 4 fully saturated rings. The van der Waals surface area contributed by atoms with Crippen molar-refractivity contribution in [1.82, 2.24) is 29.2 Å². The number of benzene rings is 2. The van der Waals surface area contributed by atoms with E-state index in [1.165, 1.54) is 67.1 Å². The zero-order valence-corrected chi connectivity index (χ0v) is 52.7. The van der Waals surface area contributed by atoms with Gasteiger partial charge in [0.2, 0.25) is 5.92 Å². The fourth-order valence-electron chi connectivity index (χ4n) is 12.1. The molecule has 6 atom stereocenters. The number of aryl methyl sites for hydroxylation is 1. The van der Waals surface area contributed by atoms with Crippen LogP contribution >= 0.6 is 20.8 Å². The first-order valence-corrected chi connectivity index (χ1v) is 32.0. The number of ether oxygens (including phenoxy) is 1. The first-order valence-electron chi connectivity index (χ1n) is 29.0. The molecule has 452 valence electrons. The fourth-order valence-corrected chi connectivity index (χ4v) is 13.2. The Bertz CT molecular complexity index is 3240. The molecule has 4 aliphatic carbocycles. The predicted molar refractivity (Wildman–Crippen MR) is 320 cm³/mol. The topological polar surface area (TPSA) is 155 Å². The van der Waals surface area contributed by atoms with Crippen molar-refractivity contribution in [3.8, 4) is 5.69 Å². The van der Waals surface area contributed by atoms with Crippen molar-refractivity contribution in [2.24, 2.45) is 17.6 Å². The fraction of sp³-hybridized carbons (Fsp3) is 0.629. The molecule has 5 aromatic rings. The van der Waals surface area contributed by atoms with Gasteiger partial charge in [-0.2, -0.15) is 5.10 Å². The van der Waals surface area contributed by atoms with Gasteiger partial charge in [0.25, 0.3) is 5.56 Å². The number of aromatic nitrogens is 5. The second-order valence-electron chi connectivity index (χ2n) is 25.6. The molecule has 2 aromatic carbocycles. The van der Waals surface area contributed by atoms with Crippen molar-refractivity contribution in [2.75, 3.05) is 25.9 Å². The summed E-state index contributed by atoms with van der Waals surface area (Å²) in [5.74, 6) is -3.09. The summed E-state index contributed by atoms with van der Waals surface area (Å²) < 4.78 is 103. The van der Waals surface area contributed by atoms with Gasteiger partial charge in [-0.05, 0) is 189 Å². The summed E-state index contributed by atoms with van der Waals surface area (Å²) in [7, 11) is -1.41. The predicted octanol–water partition coefficient (Wildman–Crippen LogP) is 13.6. The Hall–Kier alpha value is -4.19. The Kier molecular flexibility index (Phi) is 20.6. The van der Waals surface area contributed by atoms with Crippen LogP contribution in [0.3, 0.4) is 0 Å². The number of carbonyl (C=O) groups excluding carboxylic acids is 1. The molecule has 6 unspecified atom stereocenters. The van der Waals surface area contributed by atoms with E-state index in [1.807, 2.05) is 24.7 Å². The van der Waals surface area contributed by atoms with Crippen LogP contribution in [0.15, 0.2) is 47.4 Å². The minimum Gasteiger partial charge on any atom is -0.367 e. The maximum absolute atomic E-state index is 14.7. The van der Waals surface area contributed by atoms with Gasteiger partial charge in [0, 0.05) is 72.5 Å². The molecule has 82 heavy (non-hydrogen) atoms. The lowest BCUT2D eigenvalue weighted by atomic mass is 9.84. The third-order valence-corrected chi connectivity index (χ3v) is 19.2. The highest BCUT2D eigenvalue weighted by Crippen LogP contribution is 2.56. The molecule has 1 saturated heterocycles. The van der Waals surface area contributed by atoms with Crippen LogP contribution in [0.25, 0.3) is 16.7 Å². The number of pyridine rings is 1. The van der Waals surface area contributed by atoms with Gasteiger partial charge in [-0.25, -0.2) is 40.3 Å². The second-order valence-corrected chi connectivity index (χ2v) is 29.4. The SMILES string of the molecule is CC(=O)Cn1ncc2c1CC1CC21.CCCCCN1CC(C)(C)OC(C)(C)C1.Cc1c(-n2c(C(Cc3cc(F)cc(F)c3)C(C)C)nc3nc(C4CCC(F)(F)CC4)cc(C)c3c2=O)ccc(Cl)c1C(N)C(C)S(C)(=O)=O.FC1(P)CC1. The van der Waals surface area contributed by atoms with Gasteiger partial charge in [-0.15, -0.1) is 0 Å². The number of ketones is 1. The number of carbonyl (C=O) groups is 1. The zero-order chi connectivity index (χ0) is 60.6. The first kappa shape index (κ1) is 65.4. The smallest absolute Gasteiger partial charge is 0.267 e. The number of alkyl halides is 3. The number of halogens is 6. The molecule has 3 saturated carbocycles. The number of nitrogens with two attached hydrogens (primary N) is 1. The Morgan fingerprint density at radius 2 is 1.55 bits per heavy atom. The third-order valence-electron chi connectivity index (χ3n) is 16.6. The molecule has 0 radical (unpaired) electrons. The highest BCUT2D eigenvalue weighted by molar-refractivity contribution is 7.91. The Morgan fingerprint density at radius 1 is 0.939 bits per heavy atom. The van der Waals surface area contributed by atoms with E-state index in [1.54, 1.807) is 39.0 Å². The molecular formula is C62H86ClF5N7O5PS. The molecular weight excluding hydrogens is 1120 g/mol. The quantitative estimate of drug-likeness (QED) is 0.0608. The highest BCUT2D eigenvalue weighted by Gasteiger charge is 2.47. The lowest BCUT2D eigenvalue weighted by molar-refractivity contribution is -0.180. The third kappa shape index (κ3) is 16.6. The number of Topliss-reactive ketones (excluding diaryl/α,β-unsaturated/α-hetero) is 1. The Labute approximate surface area is 489 Å². The van der Waals surface area contributed by atoms with Crippen LogP contribution in [0.1, 0.15) is 195 Å². The van der Waals surface area contributed by atoms with Crippen molar-refractivity contribution in [3.05, 3.63) is 115 Å². The molecule has 5 aliphatic rings. The summed E-state index contributed by atoms with van der Waals surface area (Å²) in [4.78, 5) is 38.0. The van der Waals surface area contributed by atoms with Gasteiger partial charge in [0.1, 0.15) is 22.9 Å². The van der Waals surface area contributed by atoms with E-state index in [0.29, 0.717) is 40.2 Å². The van der Waals surface area contributed by atoms with Gasteiger partial charge in [0.15, 0.2) is 21.3 Å². The standard InChI is InChI=1S/C36H41ClF4N4O3S.C13H27NO.C10H12N2O.C3H6FP/c1-18(2)26(16-22-14-24(38)17-25(39)15-22)34-44-33-30(19(3)13-28(43-33)23-9-11-36(40,41)12-10-23)35(46)45(34)29-8-7-27(37)31(20(29)4)32(42)21(5)49(6,47)48;1-6-7-8-9-14-10-12(2,3)15-13(4,5)11-14;1-6(13)5-12-10-3-7-2-8(7)9(10)4-11-12;4-3(5)1-2-3/h7-8,13-15,17-18,21,23,26,32H,9-12,16,42H2,1-6H3;6-11H2,1-5H3;4,7-8H,2-3,5H2,1H3;1-2,5H2. The summed E-state index contributed by atoms with van der Waals surface area (Å²) in [5.41, 5.74) is 11.6. The first-order chi connectivity index (χ1) is 38.1. The van der Waals surface area contributed by atoms with Crippen LogP contribution in [-0.4, -0.2) is 97.1 Å². The Balaban J connectivity index is 0.000000232. The number of nitrogens with zero attached hydrogens (tertiary/aromatic N) is 6. The molecule has 20 heteroatoms. The van der Waals surface area contributed by atoms with E-state index >= 15 is 0 Å². The molecule has 4 heterocycles. The largest absolute Gasteiger partial charge is 0.367 e. The maximum atomic E-state index is 14.7. The lowest BCUT2D eigenvalue weighted by Gasteiger charge is -2.47. The summed E-state index contributed by atoms with van der Waals surface area (Å²) in [6.07, 6.45) is 11.1. The van der Waals surface area contributed by atoms with Crippen molar-refractivity contribution >= 4 is 47.5 Å². The van der Waals surface area contributed by atoms with E-state index in [4.69, 9.17) is 32.0 Å². The number of morpholine rings is 1. The van der Waals surface area contributed by atoms with E-state index < -0.39 is 55.6 Å². The lowest BCUT2D eigenvalue weighted by Crippen LogP contribution is -2.57. The summed E-state index contributed by atoms with van der Waals surface area (Å²) in [5, 5.41) is 2.86. The molecule has 0 spiro atoms. The number of hydrogen-bond donors (Lipinski definition) is 1. The van der Waals surface area contributed by atoms with Gasteiger partial charge in [-0.3, -0.25) is 23.7 Å². The number of rotatable bonds is 15. The van der Waals surface area contributed by atoms with Gasteiger partial charge in [-0.1, -0.05) is 54.5 Å². The van der Waals surface area contributed by atoms with Gasteiger partial charge < -0.3 is 10.5 Å². The van der Waals surface area contributed by atoms with E-state index in [-0.39, 0.29) is 82.8 Å². The second kappa shape index (κ2) is 25.8. The van der Waals surface area contributed by atoms with Crippen molar-refractivity contribution in [1.29, 1.82) is 0 Å². The molecule has 0 amide bonds. The molecule has 12 nitrogen and oxygen atoms in total. The highest BCUT2D eigenvalue weighted by atomic mass is 35.5. The molecule has 0 bridgehead atoms. The van der Waals surface area contributed by atoms with E-state index in [2.05, 4.69) is 53.9 Å². The van der Waals surface area contributed by atoms with Gasteiger partial charge >= 0.3 is 0 Å². The number of sulfone groups is 1. The Morgan fingerprint density at radius 3 is 2.10 bits per heavy atom. The summed E-state index contributed by atoms with van der Waals surface area (Å²) >= 11 is 6.63. The number of unbranched alkanes of at least 4 members (excludes halogenated alkanes) is 2. The minimum absolute atomic E-state index is 0.00790. The van der Waals surface area contributed by atoms with Crippen molar-refractivity contribution < 1.29 is 39.9 Å². The van der Waals surface area contributed by atoms with E-state index in [9.17, 15) is 40.0 Å². The van der Waals surface area contributed by atoms with E-state index in [0.717, 1.165) is 56.5 Å². The normalized spacial score (nSPS) is 21.4. The average Bonchev–Trinajstić information content (AvgIpc) is 3.51.